The summed E-state index contributed by atoms with van der Waals surface area (Å²) in [6.45, 7) is 10.5. The molecule has 0 aliphatic carbocycles. The van der Waals surface area contributed by atoms with Gasteiger partial charge in [0, 0.05) is 36.9 Å². The van der Waals surface area contributed by atoms with Gasteiger partial charge >= 0.3 is 6.09 Å². The third kappa shape index (κ3) is 7.23. The first-order valence-electron chi connectivity index (χ1n) is 12.8. The number of aryl methyl sites for hydroxylation is 2. The molecule has 41 heavy (non-hydrogen) atoms. The van der Waals surface area contributed by atoms with Crippen molar-refractivity contribution >= 4 is 46.1 Å². The summed E-state index contributed by atoms with van der Waals surface area (Å²) in [4.78, 5) is 46.0. The number of halogens is 2. The van der Waals surface area contributed by atoms with Gasteiger partial charge in [0.05, 0.1) is 17.1 Å². The molecule has 0 fully saturated rings. The van der Waals surface area contributed by atoms with Crippen molar-refractivity contribution in [3.05, 3.63) is 81.1 Å². The van der Waals surface area contributed by atoms with Crippen molar-refractivity contribution in [1.29, 1.82) is 0 Å². The normalized spacial score (nSPS) is 11.4. The number of hydrogen-bond acceptors (Lipinski definition) is 7. The second-order valence-electron chi connectivity index (χ2n) is 10.6. The van der Waals surface area contributed by atoms with Crippen LogP contribution in [0.4, 0.5) is 15.0 Å². The van der Waals surface area contributed by atoms with Gasteiger partial charge in [-0.25, -0.2) is 14.2 Å². The minimum absolute atomic E-state index is 0.00282. The number of nitrogens with one attached hydrogen (secondary N) is 2. The van der Waals surface area contributed by atoms with Crippen LogP contribution in [-0.2, 0) is 17.8 Å². The second kappa shape index (κ2) is 11.6. The topological polar surface area (TPSA) is 128 Å². The molecule has 3 heterocycles. The largest absolute Gasteiger partial charge is 0.444 e. The molecule has 12 heteroatoms. The molecule has 0 spiro atoms. The zero-order valence-corrected chi connectivity index (χ0v) is 24.3. The van der Waals surface area contributed by atoms with E-state index in [1.54, 1.807) is 45.9 Å². The van der Waals surface area contributed by atoms with E-state index in [0.29, 0.717) is 27.5 Å². The molecule has 2 N–H and O–H groups in total. The summed E-state index contributed by atoms with van der Waals surface area (Å²) < 4.78 is 21.3. The summed E-state index contributed by atoms with van der Waals surface area (Å²) in [7, 11) is 0. The summed E-state index contributed by atoms with van der Waals surface area (Å²) in [5.74, 6) is -1.08. The lowest BCUT2D eigenvalue weighted by Crippen LogP contribution is -2.28. The fourth-order valence-corrected chi connectivity index (χ4v) is 4.47. The molecule has 10 nitrogen and oxygen atoms in total. The maximum atomic E-state index is 14.6. The van der Waals surface area contributed by atoms with Gasteiger partial charge in [-0.2, -0.15) is 5.10 Å². The van der Waals surface area contributed by atoms with E-state index in [9.17, 15) is 18.8 Å². The van der Waals surface area contributed by atoms with Crippen LogP contribution in [0, 0.1) is 19.7 Å². The average molecular weight is 581 g/mol. The first-order chi connectivity index (χ1) is 19.2. The van der Waals surface area contributed by atoms with E-state index in [1.807, 2.05) is 6.92 Å². The Labute approximate surface area is 241 Å². The maximum Gasteiger partial charge on any atom is 0.413 e. The van der Waals surface area contributed by atoms with E-state index in [0.717, 1.165) is 11.1 Å². The van der Waals surface area contributed by atoms with E-state index in [1.165, 1.54) is 30.1 Å². The number of Topliss-reactive ketones (excluding diaryl/α,β-unsaturated/α-hetero) is 1. The van der Waals surface area contributed by atoms with E-state index < -0.39 is 23.4 Å². The average Bonchev–Trinajstić information content (AvgIpc) is 3.26. The number of anilines is 1. The van der Waals surface area contributed by atoms with Crippen molar-refractivity contribution in [2.24, 2.45) is 0 Å². The number of amides is 2. The number of nitrogens with zero attached hydrogens (tertiary/aromatic N) is 4. The number of pyridine rings is 2. The number of carbonyl (C=O) groups is 3. The van der Waals surface area contributed by atoms with Crippen LogP contribution in [0.25, 0.3) is 10.9 Å². The molecule has 0 aliphatic rings. The molecule has 0 radical (unpaired) electrons. The smallest absolute Gasteiger partial charge is 0.413 e. The molecule has 1 aromatic carbocycles. The number of rotatable bonds is 7. The van der Waals surface area contributed by atoms with Crippen LogP contribution in [-0.4, -0.2) is 43.1 Å². The van der Waals surface area contributed by atoms with Crippen molar-refractivity contribution in [2.45, 2.75) is 60.2 Å². The molecule has 4 aromatic rings. The van der Waals surface area contributed by atoms with Crippen molar-refractivity contribution < 1.29 is 23.5 Å². The van der Waals surface area contributed by atoms with Crippen LogP contribution in [0.2, 0.25) is 5.02 Å². The Bertz CT molecular complexity index is 1660. The monoisotopic (exact) mass is 580 g/mol. The summed E-state index contributed by atoms with van der Waals surface area (Å²) in [5.41, 5.74) is 2.34. The van der Waals surface area contributed by atoms with Gasteiger partial charge in [0.1, 0.15) is 28.4 Å². The van der Waals surface area contributed by atoms with Gasteiger partial charge < -0.3 is 10.1 Å². The summed E-state index contributed by atoms with van der Waals surface area (Å²) in [6.07, 6.45) is 2.21. The number of ketones is 1. The van der Waals surface area contributed by atoms with Crippen LogP contribution in [0.5, 0.6) is 0 Å². The Morgan fingerprint density at radius 3 is 2.51 bits per heavy atom. The molecule has 0 bridgehead atoms. The molecule has 0 saturated carbocycles. The van der Waals surface area contributed by atoms with E-state index in [4.69, 9.17) is 16.3 Å². The van der Waals surface area contributed by atoms with Crippen molar-refractivity contribution in [1.82, 2.24) is 25.1 Å². The molecule has 0 unspecified atom stereocenters. The van der Waals surface area contributed by atoms with Gasteiger partial charge in [-0.3, -0.25) is 24.6 Å². The minimum atomic E-state index is -0.650. The molecule has 214 valence electrons. The highest BCUT2D eigenvalue weighted by Crippen LogP contribution is 2.23. The summed E-state index contributed by atoms with van der Waals surface area (Å²) >= 11 is 6.01. The van der Waals surface area contributed by atoms with E-state index >= 15 is 0 Å². The minimum Gasteiger partial charge on any atom is -0.444 e. The number of carbonyl (C=O) groups excluding carboxylic acids is 3. The predicted octanol–water partition coefficient (Wildman–Crippen LogP) is 5.76. The highest BCUT2D eigenvalue weighted by Gasteiger charge is 2.21. The third-order valence-corrected chi connectivity index (χ3v) is 6.26. The van der Waals surface area contributed by atoms with Crippen LogP contribution in [0.3, 0.4) is 0 Å². The first-order valence-corrected chi connectivity index (χ1v) is 13.2. The molecule has 0 aliphatic heterocycles. The zero-order chi connectivity index (χ0) is 30.1. The Hall–Kier alpha value is -4.38. The third-order valence-electron chi connectivity index (χ3n) is 6.06. The van der Waals surface area contributed by atoms with Crippen molar-refractivity contribution in [3.8, 4) is 0 Å². The number of hydrogen-bond donors (Lipinski definition) is 2. The lowest BCUT2D eigenvalue weighted by molar-refractivity contribution is 0.0635. The number of benzene rings is 1. The Morgan fingerprint density at radius 1 is 1.12 bits per heavy atom. The standard InChI is InChI=1S/C29H30ClFN6O4/c1-15-7-24(35-28(40)41-29(4,5)6)34-16(2)21(15)12-33-27(39)22-14-37(36-25(22)17(3)38)13-18-8-19-10-20(30)11-32-26(19)23(31)9-18/h7-11,14H,12-13H2,1-6H3,(H,33,39)(H,34,35,40). The van der Waals surface area contributed by atoms with E-state index in [2.05, 4.69) is 25.7 Å². The fourth-order valence-electron chi connectivity index (χ4n) is 4.31. The number of fused-ring (bicyclic) bond motifs is 1. The van der Waals surface area contributed by atoms with Crippen LogP contribution < -0.4 is 10.6 Å². The molecular weight excluding hydrogens is 551 g/mol. The van der Waals surface area contributed by atoms with Crippen LogP contribution in [0.15, 0.2) is 36.7 Å². The lowest BCUT2D eigenvalue weighted by atomic mass is 10.1. The van der Waals surface area contributed by atoms with Crippen molar-refractivity contribution in [2.75, 3.05) is 5.32 Å². The fraction of sp³-hybridized carbons (Fsp3) is 0.310. The lowest BCUT2D eigenvalue weighted by Gasteiger charge is -2.20. The Balaban J connectivity index is 1.50. The summed E-state index contributed by atoms with van der Waals surface area (Å²) in [5, 5.41) is 10.6. The first kappa shape index (κ1) is 29.6. The molecule has 0 atom stereocenters. The molecular formula is C29H30ClFN6O4. The van der Waals surface area contributed by atoms with Gasteiger partial charge in [-0.05, 0) is 75.6 Å². The summed E-state index contributed by atoms with van der Waals surface area (Å²) in [6, 6.07) is 6.35. The van der Waals surface area contributed by atoms with Crippen molar-refractivity contribution in [3.63, 3.8) is 0 Å². The maximum absolute atomic E-state index is 14.6. The van der Waals surface area contributed by atoms with Crippen LogP contribution in [0.1, 0.15) is 70.9 Å². The molecule has 0 saturated heterocycles. The predicted molar refractivity (Wildman–Crippen MR) is 153 cm³/mol. The van der Waals surface area contributed by atoms with Gasteiger partial charge in [-0.1, -0.05) is 11.6 Å². The Kier molecular flexibility index (Phi) is 8.39. The Morgan fingerprint density at radius 2 is 1.85 bits per heavy atom. The van der Waals surface area contributed by atoms with Gasteiger partial charge in [0.15, 0.2) is 5.78 Å². The highest BCUT2D eigenvalue weighted by molar-refractivity contribution is 6.31. The second-order valence-corrected chi connectivity index (χ2v) is 11.1. The van der Waals surface area contributed by atoms with Gasteiger partial charge in [-0.15, -0.1) is 0 Å². The SMILES string of the molecule is CC(=O)c1nn(Cc2cc(F)c3ncc(Cl)cc3c2)cc1C(=O)NCc1c(C)cc(NC(=O)OC(C)(C)C)nc1C. The zero-order valence-electron chi connectivity index (χ0n) is 23.6. The molecule has 2 amide bonds. The molecule has 3 aromatic heterocycles. The number of aromatic nitrogens is 4. The number of ether oxygens (including phenoxy) is 1. The van der Waals surface area contributed by atoms with Gasteiger partial charge in [0.2, 0.25) is 0 Å². The van der Waals surface area contributed by atoms with Crippen LogP contribution >= 0.6 is 11.6 Å². The molecule has 4 rings (SSSR count). The highest BCUT2D eigenvalue weighted by atomic mass is 35.5. The quantitative estimate of drug-likeness (QED) is 0.266. The van der Waals surface area contributed by atoms with Gasteiger partial charge in [0.25, 0.3) is 5.91 Å². The van der Waals surface area contributed by atoms with E-state index in [-0.39, 0.29) is 35.6 Å².